The molecule has 0 unspecified atom stereocenters. The Labute approximate surface area is 227 Å². The van der Waals surface area contributed by atoms with Crippen molar-refractivity contribution < 1.29 is 14.3 Å². The zero-order chi connectivity index (χ0) is 26.4. The smallest absolute Gasteiger partial charge is 0.410 e. The SMILES string of the molecule is Cc1ccc(N2CCN(C(=O)OC(C)(C)C)CC2)cc1C(=O)NC1(c2cc(Br)cc3ccccc23)CC1. The molecule has 0 bridgehead atoms. The number of carbonyl (C=O) groups excluding carboxylic acids is 2. The van der Waals surface area contributed by atoms with Gasteiger partial charge in [-0.15, -0.1) is 0 Å². The Bertz CT molecular complexity index is 1350. The molecular formula is C30H34BrN3O3. The fourth-order valence-corrected chi connectivity index (χ4v) is 5.54. The second-order valence-electron chi connectivity index (χ2n) is 11.2. The van der Waals surface area contributed by atoms with Crippen LogP contribution in [0.5, 0.6) is 0 Å². The van der Waals surface area contributed by atoms with Gasteiger partial charge in [-0.05, 0) is 86.7 Å². The molecule has 6 nitrogen and oxygen atoms in total. The third-order valence-electron chi connectivity index (χ3n) is 7.21. The molecule has 2 fully saturated rings. The van der Waals surface area contributed by atoms with Crippen molar-refractivity contribution in [1.29, 1.82) is 0 Å². The number of nitrogens with one attached hydrogen (secondary N) is 1. The Morgan fingerprint density at radius 2 is 1.68 bits per heavy atom. The number of hydrogen-bond donors (Lipinski definition) is 1. The minimum absolute atomic E-state index is 0.0479. The van der Waals surface area contributed by atoms with Crippen molar-refractivity contribution in [3.05, 3.63) is 75.8 Å². The van der Waals surface area contributed by atoms with Gasteiger partial charge in [0.25, 0.3) is 5.91 Å². The van der Waals surface area contributed by atoms with E-state index in [4.69, 9.17) is 4.74 Å². The maximum Gasteiger partial charge on any atom is 0.410 e. The average molecular weight is 565 g/mol. The van der Waals surface area contributed by atoms with Crippen molar-refractivity contribution in [2.24, 2.45) is 0 Å². The summed E-state index contributed by atoms with van der Waals surface area (Å²) in [5, 5.41) is 5.73. The number of halogens is 1. The number of nitrogens with zero attached hydrogens (tertiary/aromatic N) is 2. The summed E-state index contributed by atoms with van der Waals surface area (Å²) in [6.07, 6.45) is 1.57. The molecule has 3 aromatic carbocycles. The largest absolute Gasteiger partial charge is 0.444 e. The maximum absolute atomic E-state index is 13.6. The van der Waals surface area contributed by atoms with Gasteiger partial charge in [0.2, 0.25) is 0 Å². The first-order valence-corrected chi connectivity index (χ1v) is 13.7. The zero-order valence-electron chi connectivity index (χ0n) is 21.9. The molecule has 2 amide bonds. The molecule has 1 aliphatic carbocycles. The van der Waals surface area contributed by atoms with Crippen molar-refractivity contribution in [1.82, 2.24) is 10.2 Å². The van der Waals surface area contributed by atoms with Gasteiger partial charge in [0.1, 0.15) is 5.60 Å². The number of amides is 2. The van der Waals surface area contributed by atoms with Crippen LogP contribution in [0.25, 0.3) is 10.8 Å². The Kier molecular flexibility index (Phi) is 6.69. The fraction of sp³-hybridized carbons (Fsp3) is 0.400. The van der Waals surface area contributed by atoms with Crippen molar-refractivity contribution >= 4 is 44.4 Å². The van der Waals surface area contributed by atoms with Crippen LogP contribution in [0.15, 0.2) is 59.1 Å². The first kappa shape index (κ1) is 25.6. The van der Waals surface area contributed by atoms with Crippen LogP contribution in [0, 0.1) is 6.92 Å². The minimum Gasteiger partial charge on any atom is -0.444 e. The van der Waals surface area contributed by atoms with E-state index in [0.29, 0.717) is 31.7 Å². The second-order valence-corrected chi connectivity index (χ2v) is 12.1. The van der Waals surface area contributed by atoms with Gasteiger partial charge in [-0.25, -0.2) is 4.79 Å². The summed E-state index contributed by atoms with van der Waals surface area (Å²) in [5.41, 5.74) is 2.95. The lowest BCUT2D eigenvalue weighted by atomic mass is 9.96. The molecule has 5 rings (SSSR count). The van der Waals surface area contributed by atoms with E-state index in [1.807, 2.05) is 52.0 Å². The van der Waals surface area contributed by atoms with Crippen molar-refractivity contribution in [2.75, 3.05) is 31.1 Å². The van der Waals surface area contributed by atoms with Crippen molar-refractivity contribution in [3.8, 4) is 0 Å². The highest BCUT2D eigenvalue weighted by atomic mass is 79.9. The van der Waals surface area contributed by atoms with Gasteiger partial charge in [0.05, 0.1) is 5.54 Å². The molecule has 1 saturated heterocycles. The molecule has 2 aliphatic rings. The summed E-state index contributed by atoms with van der Waals surface area (Å²) in [6.45, 7) is 10.2. The first-order valence-electron chi connectivity index (χ1n) is 12.9. The van der Waals surface area contributed by atoms with Crippen LogP contribution in [-0.2, 0) is 10.3 Å². The lowest BCUT2D eigenvalue weighted by molar-refractivity contribution is 0.0240. The predicted octanol–water partition coefficient (Wildman–Crippen LogP) is 6.39. The van der Waals surface area contributed by atoms with E-state index in [1.54, 1.807) is 4.90 Å². The molecule has 37 heavy (non-hydrogen) atoms. The van der Waals surface area contributed by atoms with Crippen LogP contribution in [0.1, 0.15) is 55.1 Å². The summed E-state index contributed by atoms with van der Waals surface area (Å²) < 4.78 is 6.54. The molecule has 1 N–H and O–H groups in total. The third kappa shape index (κ3) is 5.47. The van der Waals surface area contributed by atoms with Crippen LogP contribution in [-0.4, -0.2) is 48.7 Å². The number of ether oxygens (including phenoxy) is 1. The Morgan fingerprint density at radius 1 is 0.973 bits per heavy atom. The molecule has 1 heterocycles. The third-order valence-corrected chi connectivity index (χ3v) is 7.67. The monoisotopic (exact) mass is 563 g/mol. The number of hydrogen-bond acceptors (Lipinski definition) is 4. The van der Waals surface area contributed by atoms with E-state index in [2.05, 4.69) is 56.5 Å². The van der Waals surface area contributed by atoms with Crippen molar-refractivity contribution in [2.45, 2.75) is 51.7 Å². The van der Waals surface area contributed by atoms with Crippen LogP contribution >= 0.6 is 15.9 Å². The molecule has 3 aromatic rings. The highest BCUT2D eigenvalue weighted by Gasteiger charge is 2.47. The van der Waals surface area contributed by atoms with Crippen LogP contribution < -0.4 is 10.2 Å². The standard InChI is InChI=1S/C30H34BrN3O3/c1-20-9-10-23(33-13-15-34(16-14-33)28(36)37-29(2,3)4)19-25(20)27(35)32-30(11-12-30)26-18-22(31)17-21-7-5-6-8-24(21)26/h5-10,17-19H,11-16H2,1-4H3,(H,32,35). The Morgan fingerprint density at radius 3 is 2.35 bits per heavy atom. The molecular weight excluding hydrogens is 530 g/mol. The van der Waals surface area contributed by atoms with E-state index in [-0.39, 0.29) is 17.5 Å². The Balaban J connectivity index is 1.32. The molecule has 0 atom stereocenters. The summed E-state index contributed by atoms with van der Waals surface area (Å²) in [6, 6.07) is 18.7. The average Bonchev–Trinajstić information content (AvgIpc) is 3.63. The highest BCUT2D eigenvalue weighted by Crippen LogP contribution is 2.49. The zero-order valence-corrected chi connectivity index (χ0v) is 23.5. The molecule has 7 heteroatoms. The normalized spacial score (nSPS) is 17.0. The van der Waals surface area contributed by atoms with Gasteiger partial charge in [-0.2, -0.15) is 0 Å². The van der Waals surface area contributed by atoms with E-state index in [1.165, 1.54) is 5.39 Å². The number of carbonyl (C=O) groups is 2. The van der Waals surface area contributed by atoms with Gasteiger partial charge in [0.15, 0.2) is 0 Å². The van der Waals surface area contributed by atoms with Gasteiger partial charge in [-0.1, -0.05) is 46.3 Å². The van der Waals surface area contributed by atoms with Gasteiger partial charge >= 0.3 is 6.09 Å². The molecule has 0 aromatic heterocycles. The number of piperazine rings is 1. The number of aryl methyl sites for hydroxylation is 1. The summed E-state index contributed by atoms with van der Waals surface area (Å²) in [5.74, 6) is -0.0479. The molecule has 0 radical (unpaired) electrons. The van der Waals surface area contributed by atoms with Gasteiger partial charge in [0, 0.05) is 41.9 Å². The molecule has 1 aliphatic heterocycles. The highest BCUT2D eigenvalue weighted by molar-refractivity contribution is 9.10. The number of rotatable bonds is 4. The number of fused-ring (bicyclic) bond motifs is 1. The van der Waals surface area contributed by atoms with Crippen LogP contribution in [0.4, 0.5) is 10.5 Å². The van der Waals surface area contributed by atoms with Gasteiger partial charge < -0.3 is 19.9 Å². The summed E-state index contributed by atoms with van der Waals surface area (Å²) in [4.78, 5) is 30.0. The quantitative estimate of drug-likeness (QED) is 0.399. The molecule has 0 spiro atoms. The fourth-order valence-electron chi connectivity index (χ4n) is 5.07. The maximum atomic E-state index is 13.6. The summed E-state index contributed by atoms with van der Waals surface area (Å²) >= 11 is 3.66. The van der Waals surface area contributed by atoms with E-state index in [0.717, 1.165) is 39.5 Å². The molecule has 194 valence electrons. The van der Waals surface area contributed by atoms with E-state index in [9.17, 15) is 9.59 Å². The molecule has 1 saturated carbocycles. The lowest BCUT2D eigenvalue weighted by Crippen LogP contribution is -2.50. The summed E-state index contributed by atoms with van der Waals surface area (Å²) in [7, 11) is 0. The van der Waals surface area contributed by atoms with Crippen LogP contribution in [0.3, 0.4) is 0 Å². The lowest BCUT2D eigenvalue weighted by Gasteiger charge is -2.37. The van der Waals surface area contributed by atoms with Crippen molar-refractivity contribution in [3.63, 3.8) is 0 Å². The van der Waals surface area contributed by atoms with E-state index >= 15 is 0 Å². The first-order chi connectivity index (χ1) is 17.5. The van der Waals surface area contributed by atoms with Crippen LogP contribution in [0.2, 0.25) is 0 Å². The minimum atomic E-state index is -0.505. The van der Waals surface area contributed by atoms with E-state index < -0.39 is 5.60 Å². The number of anilines is 1. The Hall–Kier alpha value is -3.06. The topological polar surface area (TPSA) is 61.9 Å². The predicted molar refractivity (Wildman–Crippen MR) is 151 cm³/mol. The number of benzene rings is 3. The second kappa shape index (κ2) is 9.67. The van der Waals surface area contributed by atoms with Gasteiger partial charge in [-0.3, -0.25) is 4.79 Å².